The summed E-state index contributed by atoms with van der Waals surface area (Å²) in [6.07, 6.45) is 9.84. The number of likely N-dealkylation sites (N-methyl/N-ethyl adjacent to an activating group) is 1. The van der Waals surface area contributed by atoms with E-state index in [9.17, 15) is 4.79 Å². The molecule has 2 heterocycles. The predicted molar refractivity (Wildman–Crippen MR) is 88.6 cm³/mol. The molecule has 1 aromatic heterocycles. The zero-order valence-electron chi connectivity index (χ0n) is 14.5. The summed E-state index contributed by atoms with van der Waals surface area (Å²) in [5.74, 6) is 0.896. The third-order valence-corrected chi connectivity index (χ3v) is 5.02. The van der Waals surface area contributed by atoms with E-state index in [2.05, 4.69) is 23.7 Å². The molecule has 0 radical (unpaired) electrons. The molecule has 5 heteroatoms. The van der Waals surface area contributed by atoms with Crippen molar-refractivity contribution in [2.75, 3.05) is 33.7 Å². The van der Waals surface area contributed by atoms with Crippen LogP contribution in [0, 0.1) is 5.92 Å². The van der Waals surface area contributed by atoms with E-state index in [1.165, 1.54) is 12.8 Å². The van der Waals surface area contributed by atoms with Crippen molar-refractivity contribution < 1.29 is 4.79 Å². The summed E-state index contributed by atoms with van der Waals surface area (Å²) >= 11 is 0. The molecule has 124 valence electrons. The lowest BCUT2D eigenvalue weighted by Gasteiger charge is -2.44. The number of aromatic nitrogens is 2. The Labute approximate surface area is 134 Å². The van der Waals surface area contributed by atoms with Gasteiger partial charge < -0.3 is 14.4 Å². The number of hydrogen-bond acceptors (Lipinski definition) is 3. The van der Waals surface area contributed by atoms with E-state index in [-0.39, 0.29) is 5.91 Å². The molecule has 1 aliphatic heterocycles. The number of carbonyl (C=O) groups is 1. The molecule has 5 nitrogen and oxygen atoms in total. The molecule has 0 aliphatic carbocycles. The van der Waals surface area contributed by atoms with E-state index in [1.54, 1.807) is 17.4 Å². The highest BCUT2D eigenvalue weighted by molar-refractivity contribution is 5.84. The maximum Gasteiger partial charge on any atom is 0.249 e. The van der Waals surface area contributed by atoms with E-state index in [1.807, 2.05) is 24.9 Å². The maximum atomic E-state index is 12.9. The Hall–Kier alpha value is -1.36. The van der Waals surface area contributed by atoms with Gasteiger partial charge in [-0.1, -0.05) is 26.7 Å². The van der Waals surface area contributed by atoms with Crippen LogP contribution in [0.3, 0.4) is 0 Å². The topological polar surface area (TPSA) is 41.4 Å². The minimum absolute atomic E-state index is 0.180. The first kappa shape index (κ1) is 17.0. The molecule has 22 heavy (non-hydrogen) atoms. The molecule has 0 spiro atoms. The highest BCUT2D eigenvalue weighted by atomic mass is 16.2. The molecule has 0 N–H and O–H groups in total. The van der Waals surface area contributed by atoms with Crippen LogP contribution in [0.5, 0.6) is 0 Å². The fourth-order valence-corrected chi connectivity index (χ4v) is 3.62. The predicted octanol–water partition coefficient (Wildman–Crippen LogP) is 2.20. The first-order chi connectivity index (χ1) is 10.5. The smallest absolute Gasteiger partial charge is 0.249 e. The Balaban J connectivity index is 2.24. The first-order valence-corrected chi connectivity index (χ1v) is 8.46. The fraction of sp³-hybridized carbons (Fsp3) is 0.765. The van der Waals surface area contributed by atoms with Gasteiger partial charge in [0.1, 0.15) is 5.54 Å². The average molecular weight is 306 g/mol. The molecule has 1 unspecified atom stereocenters. The first-order valence-electron chi connectivity index (χ1n) is 8.46. The summed E-state index contributed by atoms with van der Waals surface area (Å²) in [6.45, 7) is 7.48. The highest BCUT2D eigenvalue weighted by Crippen LogP contribution is 2.31. The average Bonchev–Trinajstić information content (AvgIpc) is 3.06. The van der Waals surface area contributed by atoms with Crippen molar-refractivity contribution in [3.63, 3.8) is 0 Å². The number of nitrogens with zero attached hydrogens (tertiary/aromatic N) is 4. The van der Waals surface area contributed by atoms with E-state index in [0.29, 0.717) is 5.92 Å². The Morgan fingerprint density at radius 2 is 2.09 bits per heavy atom. The number of carbonyl (C=O) groups excluding carboxylic acids is 1. The summed E-state index contributed by atoms with van der Waals surface area (Å²) < 4.78 is 2.02. The Morgan fingerprint density at radius 3 is 2.64 bits per heavy atom. The summed E-state index contributed by atoms with van der Waals surface area (Å²) in [7, 11) is 3.70. The summed E-state index contributed by atoms with van der Waals surface area (Å²) in [4.78, 5) is 21.3. The van der Waals surface area contributed by atoms with Gasteiger partial charge in [0.05, 0.1) is 6.33 Å². The zero-order chi connectivity index (χ0) is 16.2. The number of imidazole rings is 1. The number of likely N-dealkylation sites (tertiary alicyclic amines) is 1. The van der Waals surface area contributed by atoms with Crippen LogP contribution >= 0.6 is 0 Å². The normalized spacial score (nSPS) is 23.0. The van der Waals surface area contributed by atoms with Crippen LogP contribution in [0.15, 0.2) is 18.7 Å². The van der Waals surface area contributed by atoms with Crippen molar-refractivity contribution >= 4 is 5.91 Å². The van der Waals surface area contributed by atoms with Gasteiger partial charge in [-0.3, -0.25) is 4.79 Å². The second-order valence-corrected chi connectivity index (χ2v) is 6.72. The van der Waals surface area contributed by atoms with Crippen LogP contribution in [-0.2, 0) is 10.3 Å². The molecule has 1 aromatic rings. The number of piperidine rings is 1. The van der Waals surface area contributed by atoms with E-state index < -0.39 is 5.54 Å². The van der Waals surface area contributed by atoms with Crippen molar-refractivity contribution in [2.24, 2.45) is 5.92 Å². The standard InChI is InChI=1S/C17H30N4O/c1-5-15(6-2)12-20-10-7-8-17(13-20,16(22)19(3)4)21-11-9-18-14-21/h9,11,14-15H,5-8,10,12-13H2,1-4H3. The van der Waals surface area contributed by atoms with Gasteiger partial charge in [-0.2, -0.15) is 0 Å². The second kappa shape index (κ2) is 7.27. The lowest BCUT2D eigenvalue weighted by molar-refractivity contribution is -0.141. The molecule has 1 fully saturated rings. The molecule has 1 atom stereocenters. The van der Waals surface area contributed by atoms with Crippen molar-refractivity contribution in [3.05, 3.63) is 18.7 Å². The van der Waals surface area contributed by atoms with E-state index >= 15 is 0 Å². The molecule has 1 amide bonds. The fourth-order valence-electron chi connectivity index (χ4n) is 3.62. The SMILES string of the molecule is CCC(CC)CN1CCCC(C(=O)N(C)C)(n2ccnc2)C1. The van der Waals surface area contributed by atoms with Crippen LogP contribution in [0.1, 0.15) is 39.5 Å². The minimum atomic E-state index is -0.496. The van der Waals surface area contributed by atoms with Crippen LogP contribution in [0.25, 0.3) is 0 Å². The van der Waals surface area contributed by atoms with Crippen LogP contribution in [-0.4, -0.2) is 59.0 Å². The van der Waals surface area contributed by atoms with Crippen molar-refractivity contribution in [1.82, 2.24) is 19.4 Å². The minimum Gasteiger partial charge on any atom is -0.347 e. The van der Waals surface area contributed by atoms with Crippen molar-refractivity contribution in [2.45, 2.75) is 45.1 Å². The lowest BCUT2D eigenvalue weighted by atomic mass is 9.86. The molecule has 2 rings (SSSR count). The van der Waals surface area contributed by atoms with Gasteiger partial charge in [0.15, 0.2) is 0 Å². The molecule has 0 bridgehead atoms. The zero-order valence-corrected chi connectivity index (χ0v) is 14.5. The van der Waals surface area contributed by atoms with E-state index in [4.69, 9.17) is 0 Å². The van der Waals surface area contributed by atoms with Crippen LogP contribution < -0.4 is 0 Å². The molecule has 1 saturated heterocycles. The van der Waals surface area contributed by atoms with Gasteiger partial charge in [0.25, 0.3) is 0 Å². The monoisotopic (exact) mass is 306 g/mol. The Morgan fingerprint density at radius 1 is 1.36 bits per heavy atom. The molecule has 0 aromatic carbocycles. The summed E-state index contributed by atoms with van der Waals surface area (Å²) in [5, 5.41) is 0. The summed E-state index contributed by atoms with van der Waals surface area (Å²) in [6, 6.07) is 0. The van der Waals surface area contributed by atoms with Gasteiger partial charge in [-0.05, 0) is 25.3 Å². The number of hydrogen-bond donors (Lipinski definition) is 0. The largest absolute Gasteiger partial charge is 0.347 e. The van der Waals surface area contributed by atoms with Crippen molar-refractivity contribution in [3.8, 4) is 0 Å². The molecular formula is C17H30N4O. The van der Waals surface area contributed by atoms with Gasteiger partial charge in [0.2, 0.25) is 5.91 Å². The summed E-state index contributed by atoms with van der Waals surface area (Å²) in [5.41, 5.74) is -0.496. The quantitative estimate of drug-likeness (QED) is 0.809. The Bertz CT molecular complexity index is 467. The third-order valence-electron chi connectivity index (χ3n) is 5.02. The van der Waals surface area contributed by atoms with Crippen LogP contribution in [0.4, 0.5) is 0 Å². The van der Waals surface area contributed by atoms with Gasteiger partial charge >= 0.3 is 0 Å². The van der Waals surface area contributed by atoms with Crippen molar-refractivity contribution in [1.29, 1.82) is 0 Å². The lowest BCUT2D eigenvalue weighted by Crippen LogP contribution is -2.58. The number of rotatable bonds is 6. The highest BCUT2D eigenvalue weighted by Gasteiger charge is 2.44. The number of amides is 1. The maximum absolute atomic E-state index is 12.9. The van der Waals surface area contributed by atoms with Gasteiger partial charge in [-0.15, -0.1) is 0 Å². The molecule has 0 saturated carbocycles. The Kier molecular flexibility index (Phi) is 5.62. The van der Waals surface area contributed by atoms with Crippen LogP contribution in [0.2, 0.25) is 0 Å². The second-order valence-electron chi connectivity index (χ2n) is 6.72. The molecular weight excluding hydrogens is 276 g/mol. The third kappa shape index (κ3) is 3.35. The van der Waals surface area contributed by atoms with E-state index in [0.717, 1.165) is 32.5 Å². The van der Waals surface area contributed by atoms with Gasteiger partial charge in [0, 0.05) is 39.6 Å². The van der Waals surface area contributed by atoms with Gasteiger partial charge in [-0.25, -0.2) is 4.98 Å². The molecule has 1 aliphatic rings.